The summed E-state index contributed by atoms with van der Waals surface area (Å²) in [4.78, 5) is 18.0. The Kier molecular flexibility index (Phi) is 4.46. The number of amides is 1. The predicted molar refractivity (Wildman–Crippen MR) is 98.5 cm³/mol. The predicted octanol–water partition coefficient (Wildman–Crippen LogP) is 4.88. The maximum atomic E-state index is 12.3. The van der Waals surface area contributed by atoms with Crippen molar-refractivity contribution in [3.8, 4) is 0 Å². The molecule has 0 fully saturated rings. The fourth-order valence-electron chi connectivity index (χ4n) is 1.95. The monoisotopic (exact) mass is 426 g/mol. The Balaban J connectivity index is 1.92. The minimum atomic E-state index is -0.121. The highest BCUT2D eigenvalue weighted by atomic mass is 127. The van der Waals surface area contributed by atoms with E-state index in [2.05, 4.69) is 32.9 Å². The second-order valence-corrected chi connectivity index (χ2v) is 7.30. The number of halogens is 1. The van der Waals surface area contributed by atoms with E-state index in [0.29, 0.717) is 10.7 Å². The highest BCUT2D eigenvalue weighted by Gasteiger charge is 2.13. The number of benzene rings is 2. The quantitative estimate of drug-likeness (QED) is 0.480. The molecule has 2 aromatic carbocycles. The van der Waals surface area contributed by atoms with Crippen LogP contribution >= 0.6 is 45.7 Å². The average molecular weight is 426 g/mol. The maximum absolute atomic E-state index is 12.3. The second kappa shape index (κ2) is 6.33. The standard InChI is InChI=1S/C15H11IN2OS2/c1-20-11-7-4-8-12-13(11)17-15(21-12)18-14(19)9-5-2-3-6-10(9)16/h2-8H,1H3,(H,17,18,19). The summed E-state index contributed by atoms with van der Waals surface area (Å²) in [6, 6.07) is 13.6. The summed E-state index contributed by atoms with van der Waals surface area (Å²) in [6.45, 7) is 0. The minimum Gasteiger partial charge on any atom is -0.298 e. The Morgan fingerprint density at radius 2 is 2.05 bits per heavy atom. The number of para-hydroxylation sites is 1. The molecule has 3 nitrogen and oxygen atoms in total. The number of aromatic nitrogens is 1. The van der Waals surface area contributed by atoms with E-state index in [1.54, 1.807) is 11.8 Å². The van der Waals surface area contributed by atoms with Crippen LogP contribution in [0.5, 0.6) is 0 Å². The molecule has 0 bridgehead atoms. The molecule has 0 saturated carbocycles. The van der Waals surface area contributed by atoms with E-state index >= 15 is 0 Å². The van der Waals surface area contributed by atoms with Crippen LogP contribution in [0.3, 0.4) is 0 Å². The molecule has 1 N–H and O–H groups in total. The van der Waals surface area contributed by atoms with E-state index in [0.717, 1.165) is 18.7 Å². The molecule has 0 aliphatic heterocycles. The molecule has 1 heterocycles. The van der Waals surface area contributed by atoms with E-state index in [1.807, 2.05) is 48.7 Å². The molecule has 6 heteroatoms. The van der Waals surface area contributed by atoms with Gasteiger partial charge in [0.2, 0.25) is 0 Å². The number of thiazole rings is 1. The molecule has 21 heavy (non-hydrogen) atoms. The molecule has 0 aliphatic carbocycles. The zero-order valence-corrected chi connectivity index (χ0v) is 14.9. The number of anilines is 1. The van der Waals surface area contributed by atoms with Crippen LogP contribution in [0.2, 0.25) is 0 Å². The number of nitrogens with zero attached hydrogens (tertiary/aromatic N) is 1. The Bertz CT molecular complexity index is 816. The molecular formula is C15H11IN2OS2. The van der Waals surface area contributed by atoms with E-state index < -0.39 is 0 Å². The number of fused-ring (bicyclic) bond motifs is 1. The third-order valence-corrected chi connectivity index (χ3v) is 5.59. The van der Waals surface area contributed by atoms with Crippen LogP contribution in [0, 0.1) is 3.57 Å². The van der Waals surface area contributed by atoms with Crippen molar-refractivity contribution in [2.45, 2.75) is 4.90 Å². The molecule has 0 radical (unpaired) electrons. The van der Waals surface area contributed by atoms with Crippen LogP contribution in [-0.4, -0.2) is 17.1 Å². The van der Waals surface area contributed by atoms with E-state index in [1.165, 1.54) is 11.3 Å². The van der Waals surface area contributed by atoms with Crippen molar-refractivity contribution < 1.29 is 4.79 Å². The number of hydrogen-bond donors (Lipinski definition) is 1. The van der Waals surface area contributed by atoms with Crippen LogP contribution in [0.1, 0.15) is 10.4 Å². The normalized spacial score (nSPS) is 10.8. The Hall–Kier alpha value is -1.12. The van der Waals surface area contributed by atoms with Crippen molar-refractivity contribution in [2.24, 2.45) is 0 Å². The smallest absolute Gasteiger partial charge is 0.258 e. The highest BCUT2D eigenvalue weighted by molar-refractivity contribution is 14.1. The first-order valence-corrected chi connectivity index (χ1v) is 9.30. The Morgan fingerprint density at radius 1 is 1.24 bits per heavy atom. The summed E-state index contributed by atoms with van der Waals surface area (Å²) in [5, 5.41) is 3.53. The van der Waals surface area contributed by atoms with Crippen LogP contribution in [0.15, 0.2) is 47.4 Å². The van der Waals surface area contributed by atoms with Gasteiger partial charge in [0.05, 0.1) is 15.8 Å². The number of carbonyl (C=O) groups is 1. The number of rotatable bonds is 3. The lowest BCUT2D eigenvalue weighted by molar-refractivity contribution is 0.102. The lowest BCUT2D eigenvalue weighted by Gasteiger charge is -2.03. The molecule has 1 aromatic heterocycles. The van der Waals surface area contributed by atoms with Gasteiger partial charge in [-0.15, -0.1) is 11.8 Å². The van der Waals surface area contributed by atoms with Gasteiger partial charge in [-0.1, -0.05) is 29.5 Å². The van der Waals surface area contributed by atoms with Crippen LogP contribution in [-0.2, 0) is 0 Å². The van der Waals surface area contributed by atoms with Crippen molar-refractivity contribution in [3.05, 3.63) is 51.6 Å². The van der Waals surface area contributed by atoms with E-state index in [-0.39, 0.29) is 5.91 Å². The topological polar surface area (TPSA) is 42.0 Å². The molecule has 3 rings (SSSR count). The van der Waals surface area contributed by atoms with Gasteiger partial charge < -0.3 is 0 Å². The largest absolute Gasteiger partial charge is 0.298 e. The van der Waals surface area contributed by atoms with Gasteiger partial charge in [0.1, 0.15) is 0 Å². The fraction of sp³-hybridized carbons (Fsp3) is 0.0667. The molecule has 0 unspecified atom stereocenters. The SMILES string of the molecule is CSc1cccc2sc(NC(=O)c3ccccc3I)nc12. The van der Waals surface area contributed by atoms with Crippen molar-refractivity contribution in [3.63, 3.8) is 0 Å². The Morgan fingerprint density at radius 3 is 2.81 bits per heavy atom. The number of hydrogen-bond acceptors (Lipinski definition) is 4. The van der Waals surface area contributed by atoms with Crippen LogP contribution in [0.25, 0.3) is 10.2 Å². The molecule has 3 aromatic rings. The number of nitrogens with one attached hydrogen (secondary N) is 1. The van der Waals surface area contributed by atoms with Gasteiger partial charge in [-0.3, -0.25) is 10.1 Å². The first kappa shape index (κ1) is 14.8. The molecule has 0 saturated heterocycles. The third kappa shape index (κ3) is 3.07. The number of thioether (sulfide) groups is 1. The first-order valence-electron chi connectivity index (χ1n) is 6.18. The molecule has 1 amide bonds. The summed E-state index contributed by atoms with van der Waals surface area (Å²) < 4.78 is 2.01. The summed E-state index contributed by atoms with van der Waals surface area (Å²) in [5.74, 6) is -0.121. The Labute approximate surface area is 144 Å². The van der Waals surface area contributed by atoms with E-state index in [4.69, 9.17) is 0 Å². The van der Waals surface area contributed by atoms with Crippen molar-refractivity contribution >= 4 is 66.9 Å². The summed E-state index contributed by atoms with van der Waals surface area (Å²) >= 11 is 5.32. The average Bonchev–Trinajstić information content (AvgIpc) is 2.89. The van der Waals surface area contributed by atoms with Gasteiger partial charge in [-0.05, 0) is 53.1 Å². The maximum Gasteiger partial charge on any atom is 0.258 e. The summed E-state index contributed by atoms with van der Waals surface area (Å²) in [6.07, 6.45) is 2.03. The van der Waals surface area contributed by atoms with E-state index in [9.17, 15) is 4.79 Å². The van der Waals surface area contributed by atoms with Gasteiger partial charge in [0, 0.05) is 8.47 Å². The number of carbonyl (C=O) groups excluding carboxylic acids is 1. The molecule has 0 atom stereocenters. The van der Waals surface area contributed by atoms with Crippen molar-refractivity contribution in [1.82, 2.24) is 4.98 Å². The lowest BCUT2D eigenvalue weighted by Crippen LogP contribution is -2.12. The molecular weight excluding hydrogens is 415 g/mol. The van der Waals surface area contributed by atoms with Gasteiger partial charge >= 0.3 is 0 Å². The highest BCUT2D eigenvalue weighted by Crippen LogP contribution is 2.32. The van der Waals surface area contributed by atoms with Crippen LogP contribution in [0.4, 0.5) is 5.13 Å². The zero-order chi connectivity index (χ0) is 14.8. The zero-order valence-electron chi connectivity index (χ0n) is 11.1. The molecule has 0 aliphatic rings. The summed E-state index contributed by atoms with van der Waals surface area (Å²) in [5.41, 5.74) is 1.62. The van der Waals surface area contributed by atoms with Gasteiger partial charge in [-0.25, -0.2) is 4.98 Å². The van der Waals surface area contributed by atoms with Crippen LogP contribution < -0.4 is 5.32 Å². The lowest BCUT2D eigenvalue weighted by atomic mass is 10.2. The first-order chi connectivity index (χ1) is 10.2. The molecule has 106 valence electrons. The fourth-order valence-corrected chi connectivity index (χ4v) is 4.10. The van der Waals surface area contributed by atoms with Gasteiger partial charge in [0.25, 0.3) is 5.91 Å². The minimum absolute atomic E-state index is 0.121. The van der Waals surface area contributed by atoms with Crippen molar-refractivity contribution in [2.75, 3.05) is 11.6 Å². The van der Waals surface area contributed by atoms with Gasteiger partial charge in [-0.2, -0.15) is 0 Å². The summed E-state index contributed by atoms with van der Waals surface area (Å²) in [7, 11) is 0. The van der Waals surface area contributed by atoms with Gasteiger partial charge in [0.15, 0.2) is 5.13 Å². The third-order valence-electron chi connectivity index (χ3n) is 2.94. The second-order valence-electron chi connectivity index (χ2n) is 4.26. The van der Waals surface area contributed by atoms with Crippen molar-refractivity contribution in [1.29, 1.82) is 0 Å². The molecule has 0 spiro atoms.